The third-order valence-corrected chi connectivity index (χ3v) is 4.24. The zero-order chi connectivity index (χ0) is 13.4. The van der Waals surface area contributed by atoms with Crippen LogP contribution in [0.3, 0.4) is 0 Å². The second kappa shape index (κ2) is 4.72. The van der Waals surface area contributed by atoms with Gasteiger partial charge in [0.05, 0.1) is 12.2 Å². The van der Waals surface area contributed by atoms with Gasteiger partial charge in [0.1, 0.15) is 0 Å². The van der Waals surface area contributed by atoms with E-state index in [-0.39, 0.29) is 17.7 Å². The van der Waals surface area contributed by atoms with Crippen LogP contribution in [-0.2, 0) is 4.79 Å². The minimum absolute atomic E-state index is 0.0207. The lowest BCUT2D eigenvalue weighted by atomic mass is 9.88. The molecule has 0 N–H and O–H groups in total. The Labute approximate surface area is 112 Å². The summed E-state index contributed by atoms with van der Waals surface area (Å²) in [5.74, 6) is 0.754. The quantitative estimate of drug-likeness (QED) is 0.805. The number of piperidine rings is 1. The first-order chi connectivity index (χ1) is 9.20. The molecule has 102 valence electrons. The van der Waals surface area contributed by atoms with Gasteiger partial charge in [0.25, 0.3) is 5.91 Å². The molecule has 0 unspecified atom stereocenters. The van der Waals surface area contributed by atoms with Crippen molar-refractivity contribution in [2.24, 2.45) is 11.8 Å². The summed E-state index contributed by atoms with van der Waals surface area (Å²) in [7, 11) is 0. The molecule has 3 heterocycles. The zero-order valence-electron chi connectivity index (χ0n) is 11.0. The standard InChI is InChI=1S/C14H18N2O3/c1-2-15-6-5-10-8-16(9-11(10)13(15)17)14(18)12-4-3-7-19-12/h3-4,7,10-11H,2,5-6,8-9H2,1H3/t10-,11-/m1/s1. The Balaban J connectivity index is 1.73. The van der Waals surface area contributed by atoms with Gasteiger partial charge in [-0.1, -0.05) is 0 Å². The van der Waals surface area contributed by atoms with Crippen LogP contribution < -0.4 is 0 Å². The summed E-state index contributed by atoms with van der Waals surface area (Å²) in [5, 5.41) is 0. The first kappa shape index (κ1) is 12.3. The van der Waals surface area contributed by atoms with Gasteiger partial charge in [0.15, 0.2) is 5.76 Å². The largest absolute Gasteiger partial charge is 0.459 e. The van der Waals surface area contributed by atoms with E-state index in [0.29, 0.717) is 24.8 Å². The van der Waals surface area contributed by atoms with Gasteiger partial charge < -0.3 is 14.2 Å². The van der Waals surface area contributed by atoms with E-state index in [1.807, 2.05) is 11.8 Å². The molecule has 0 aliphatic carbocycles. The number of carbonyl (C=O) groups is 2. The van der Waals surface area contributed by atoms with Gasteiger partial charge in [0.2, 0.25) is 5.91 Å². The Hall–Kier alpha value is -1.78. The topological polar surface area (TPSA) is 53.8 Å². The molecule has 19 heavy (non-hydrogen) atoms. The Morgan fingerprint density at radius 2 is 2.32 bits per heavy atom. The molecule has 2 aliphatic heterocycles. The van der Waals surface area contributed by atoms with E-state index < -0.39 is 0 Å². The summed E-state index contributed by atoms with van der Waals surface area (Å²) in [5.41, 5.74) is 0. The highest BCUT2D eigenvalue weighted by molar-refractivity contribution is 5.92. The summed E-state index contributed by atoms with van der Waals surface area (Å²) in [4.78, 5) is 28.1. The van der Waals surface area contributed by atoms with Gasteiger partial charge in [-0.2, -0.15) is 0 Å². The van der Waals surface area contributed by atoms with E-state index in [9.17, 15) is 9.59 Å². The fraction of sp³-hybridized carbons (Fsp3) is 0.571. The Morgan fingerprint density at radius 1 is 1.47 bits per heavy atom. The Morgan fingerprint density at radius 3 is 3.00 bits per heavy atom. The number of hydrogen-bond acceptors (Lipinski definition) is 3. The van der Waals surface area contributed by atoms with Crippen LogP contribution in [0.5, 0.6) is 0 Å². The predicted octanol–water partition coefficient (Wildman–Crippen LogP) is 1.22. The highest BCUT2D eigenvalue weighted by Crippen LogP contribution is 2.32. The number of amides is 2. The van der Waals surface area contributed by atoms with Crippen molar-refractivity contribution in [1.82, 2.24) is 9.80 Å². The fourth-order valence-electron chi connectivity index (χ4n) is 3.15. The first-order valence-corrected chi connectivity index (χ1v) is 6.82. The van der Waals surface area contributed by atoms with Crippen molar-refractivity contribution in [3.05, 3.63) is 24.2 Å². The van der Waals surface area contributed by atoms with E-state index in [2.05, 4.69) is 0 Å². The van der Waals surface area contributed by atoms with Gasteiger partial charge in [-0.05, 0) is 31.4 Å². The average Bonchev–Trinajstić information content (AvgIpc) is 3.08. The number of nitrogens with zero attached hydrogens (tertiary/aromatic N) is 2. The molecule has 0 radical (unpaired) electrons. The SMILES string of the molecule is CCN1CC[C@@H]2CN(C(=O)c3ccco3)C[C@H]2C1=O. The molecule has 2 saturated heterocycles. The molecular weight excluding hydrogens is 244 g/mol. The van der Waals surface area contributed by atoms with Crippen molar-refractivity contribution in [1.29, 1.82) is 0 Å². The molecule has 2 atom stereocenters. The molecule has 3 rings (SSSR count). The molecule has 1 aromatic rings. The van der Waals surface area contributed by atoms with E-state index in [0.717, 1.165) is 19.5 Å². The normalized spacial score (nSPS) is 26.7. The molecule has 2 amide bonds. The van der Waals surface area contributed by atoms with Gasteiger partial charge in [-0.15, -0.1) is 0 Å². The second-order valence-corrected chi connectivity index (χ2v) is 5.26. The molecule has 5 heteroatoms. The lowest BCUT2D eigenvalue weighted by Crippen LogP contribution is -2.45. The lowest BCUT2D eigenvalue weighted by molar-refractivity contribution is -0.139. The number of rotatable bonds is 2. The number of hydrogen-bond donors (Lipinski definition) is 0. The molecule has 5 nitrogen and oxygen atoms in total. The van der Waals surface area contributed by atoms with Crippen LogP contribution >= 0.6 is 0 Å². The molecule has 2 fully saturated rings. The minimum Gasteiger partial charge on any atom is -0.459 e. The van der Waals surface area contributed by atoms with Crippen LogP contribution in [0.25, 0.3) is 0 Å². The van der Waals surface area contributed by atoms with E-state index >= 15 is 0 Å². The average molecular weight is 262 g/mol. The van der Waals surface area contributed by atoms with E-state index in [1.165, 1.54) is 6.26 Å². The predicted molar refractivity (Wildman–Crippen MR) is 68.5 cm³/mol. The minimum atomic E-state index is -0.102. The maximum Gasteiger partial charge on any atom is 0.289 e. The van der Waals surface area contributed by atoms with Crippen LogP contribution in [0.1, 0.15) is 23.9 Å². The van der Waals surface area contributed by atoms with Crippen LogP contribution in [0.15, 0.2) is 22.8 Å². The smallest absolute Gasteiger partial charge is 0.289 e. The third-order valence-electron chi connectivity index (χ3n) is 4.24. The maximum atomic E-state index is 12.3. The lowest BCUT2D eigenvalue weighted by Gasteiger charge is -2.32. The van der Waals surface area contributed by atoms with Crippen LogP contribution in [0.4, 0.5) is 0 Å². The number of likely N-dealkylation sites (tertiary alicyclic amines) is 2. The fourth-order valence-corrected chi connectivity index (χ4v) is 3.15. The van der Waals surface area contributed by atoms with Gasteiger partial charge in [0, 0.05) is 26.2 Å². The monoisotopic (exact) mass is 262 g/mol. The molecule has 0 spiro atoms. The number of carbonyl (C=O) groups excluding carboxylic acids is 2. The second-order valence-electron chi connectivity index (χ2n) is 5.26. The highest BCUT2D eigenvalue weighted by atomic mass is 16.3. The number of fused-ring (bicyclic) bond motifs is 1. The van der Waals surface area contributed by atoms with Gasteiger partial charge >= 0.3 is 0 Å². The molecular formula is C14H18N2O3. The number of furan rings is 1. The van der Waals surface area contributed by atoms with Crippen LogP contribution in [0.2, 0.25) is 0 Å². The van der Waals surface area contributed by atoms with Gasteiger partial charge in [-0.25, -0.2) is 0 Å². The Bertz CT molecular complexity index is 483. The third kappa shape index (κ3) is 2.03. The summed E-state index contributed by atoms with van der Waals surface area (Å²) in [6.07, 6.45) is 2.49. The Kier molecular flexibility index (Phi) is 3.05. The van der Waals surface area contributed by atoms with Crippen molar-refractivity contribution in [2.45, 2.75) is 13.3 Å². The van der Waals surface area contributed by atoms with Crippen molar-refractivity contribution >= 4 is 11.8 Å². The van der Waals surface area contributed by atoms with Crippen molar-refractivity contribution < 1.29 is 14.0 Å². The first-order valence-electron chi connectivity index (χ1n) is 6.82. The van der Waals surface area contributed by atoms with Crippen LogP contribution in [-0.4, -0.2) is 47.8 Å². The summed E-state index contributed by atoms with van der Waals surface area (Å²) >= 11 is 0. The summed E-state index contributed by atoms with van der Waals surface area (Å²) < 4.78 is 5.14. The molecule has 2 aliphatic rings. The van der Waals surface area contributed by atoms with E-state index in [4.69, 9.17) is 4.42 Å². The zero-order valence-corrected chi connectivity index (χ0v) is 11.0. The van der Waals surface area contributed by atoms with E-state index in [1.54, 1.807) is 17.0 Å². The van der Waals surface area contributed by atoms with Crippen molar-refractivity contribution in [3.8, 4) is 0 Å². The maximum absolute atomic E-state index is 12.3. The molecule has 1 aromatic heterocycles. The summed E-state index contributed by atoms with van der Waals surface area (Å²) in [6.45, 7) is 4.78. The van der Waals surface area contributed by atoms with Crippen molar-refractivity contribution in [2.75, 3.05) is 26.2 Å². The summed E-state index contributed by atoms with van der Waals surface area (Å²) in [6, 6.07) is 3.38. The van der Waals surface area contributed by atoms with Gasteiger partial charge in [-0.3, -0.25) is 9.59 Å². The molecule has 0 saturated carbocycles. The molecule has 0 aromatic carbocycles. The highest BCUT2D eigenvalue weighted by Gasteiger charge is 2.44. The van der Waals surface area contributed by atoms with Crippen molar-refractivity contribution in [3.63, 3.8) is 0 Å². The van der Waals surface area contributed by atoms with Crippen LogP contribution in [0, 0.1) is 11.8 Å². The molecule has 0 bridgehead atoms.